The summed E-state index contributed by atoms with van der Waals surface area (Å²) in [5.74, 6) is 0.803. The molecule has 66 valence electrons. The fourth-order valence-corrected chi connectivity index (χ4v) is 1.04. The molecule has 1 aromatic heterocycles. The first kappa shape index (κ1) is 7.86. The Kier molecular flexibility index (Phi) is 2.00. The predicted molar refractivity (Wildman–Crippen MR) is 49.7 cm³/mol. The molecule has 0 fully saturated rings. The molecule has 0 saturated heterocycles. The van der Waals surface area contributed by atoms with Crippen LogP contribution in [0.3, 0.4) is 0 Å². The summed E-state index contributed by atoms with van der Waals surface area (Å²) in [7, 11) is 1.89. The van der Waals surface area contributed by atoms with E-state index in [9.17, 15) is 0 Å². The van der Waals surface area contributed by atoms with E-state index in [0.29, 0.717) is 6.01 Å². The van der Waals surface area contributed by atoms with Crippen molar-refractivity contribution in [1.82, 2.24) is 9.55 Å². The van der Waals surface area contributed by atoms with Gasteiger partial charge in [-0.1, -0.05) is 18.2 Å². The standard InChI is InChI=1S/C10H10N2O/c1-12-8-7-11-10(12)13-9-5-3-2-4-6-9/h2-8H,1H3. The third-order valence-corrected chi connectivity index (χ3v) is 1.73. The van der Waals surface area contributed by atoms with Crippen molar-refractivity contribution in [3.8, 4) is 11.8 Å². The smallest absolute Gasteiger partial charge is 0.301 e. The van der Waals surface area contributed by atoms with Gasteiger partial charge in [0.05, 0.1) is 0 Å². The number of rotatable bonds is 2. The molecule has 0 radical (unpaired) electrons. The molecule has 0 aliphatic heterocycles. The van der Waals surface area contributed by atoms with Crippen molar-refractivity contribution in [3.05, 3.63) is 42.7 Å². The maximum absolute atomic E-state index is 5.50. The fraction of sp³-hybridized carbons (Fsp3) is 0.100. The molecule has 0 aliphatic carbocycles. The van der Waals surface area contributed by atoms with Gasteiger partial charge in [0.1, 0.15) is 5.75 Å². The molecule has 0 unspecified atom stereocenters. The predicted octanol–water partition coefficient (Wildman–Crippen LogP) is 2.21. The van der Waals surface area contributed by atoms with Gasteiger partial charge in [0.15, 0.2) is 0 Å². The molecule has 3 heteroatoms. The highest BCUT2D eigenvalue weighted by Gasteiger charge is 1.99. The summed E-state index contributed by atoms with van der Waals surface area (Å²) in [5.41, 5.74) is 0. The van der Waals surface area contributed by atoms with Crippen molar-refractivity contribution in [1.29, 1.82) is 0 Å². The van der Waals surface area contributed by atoms with Crippen LogP contribution in [0.25, 0.3) is 0 Å². The van der Waals surface area contributed by atoms with Crippen LogP contribution in [-0.2, 0) is 7.05 Å². The van der Waals surface area contributed by atoms with Gasteiger partial charge in [0, 0.05) is 19.4 Å². The number of para-hydroxylation sites is 1. The van der Waals surface area contributed by atoms with Gasteiger partial charge in [0.25, 0.3) is 0 Å². The summed E-state index contributed by atoms with van der Waals surface area (Å²) in [6.07, 6.45) is 3.55. The summed E-state index contributed by atoms with van der Waals surface area (Å²) in [6.45, 7) is 0. The molecule has 13 heavy (non-hydrogen) atoms. The summed E-state index contributed by atoms with van der Waals surface area (Å²) in [6, 6.07) is 10.2. The summed E-state index contributed by atoms with van der Waals surface area (Å²) in [4.78, 5) is 4.05. The SMILES string of the molecule is Cn1ccnc1Oc1ccccc1. The number of nitrogens with zero attached hydrogens (tertiary/aromatic N) is 2. The van der Waals surface area contributed by atoms with Crippen LogP contribution in [0.1, 0.15) is 0 Å². The molecule has 0 aliphatic rings. The molecule has 0 spiro atoms. The van der Waals surface area contributed by atoms with Crippen LogP contribution in [0.5, 0.6) is 11.8 Å². The second-order valence-electron chi connectivity index (χ2n) is 2.74. The molecule has 0 amide bonds. The van der Waals surface area contributed by atoms with Gasteiger partial charge in [-0.25, -0.2) is 4.98 Å². The average Bonchev–Trinajstić information content (AvgIpc) is 2.54. The van der Waals surface area contributed by atoms with E-state index in [1.54, 1.807) is 6.20 Å². The molecular weight excluding hydrogens is 164 g/mol. The lowest BCUT2D eigenvalue weighted by Crippen LogP contribution is -1.92. The summed E-state index contributed by atoms with van der Waals surface area (Å²) >= 11 is 0. The van der Waals surface area contributed by atoms with Crippen molar-refractivity contribution in [2.45, 2.75) is 0 Å². The first-order valence-corrected chi connectivity index (χ1v) is 4.06. The topological polar surface area (TPSA) is 27.1 Å². The molecule has 3 nitrogen and oxygen atoms in total. The van der Waals surface area contributed by atoms with E-state index >= 15 is 0 Å². The summed E-state index contributed by atoms with van der Waals surface area (Å²) in [5, 5.41) is 0. The van der Waals surface area contributed by atoms with Crippen LogP contribution < -0.4 is 4.74 Å². The van der Waals surface area contributed by atoms with E-state index < -0.39 is 0 Å². The lowest BCUT2D eigenvalue weighted by Gasteiger charge is -2.03. The first-order valence-electron chi connectivity index (χ1n) is 4.06. The number of hydrogen-bond acceptors (Lipinski definition) is 2. The van der Waals surface area contributed by atoms with Gasteiger partial charge in [-0.3, -0.25) is 0 Å². The van der Waals surface area contributed by atoms with Gasteiger partial charge in [0.2, 0.25) is 0 Å². The Bertz CT molecular complexity index is 381. The molecule has 2 aromatic rings. The van der Waals surface area contributed by atoms with Gasteiger partial charge in [-0.2, -0.15) is 0 Å². The number of aryl methyl sites for hydroxylation is 1. The summed E-state index contributed by atoms with van der Waals surface area (Å²) < 4.78 is 7.33. The van der Waals surface area contributed by atoms with Gasteiger partial charge in [-0.05, 0) is 12.1 Å². The van der Waals surface area contributed by atoms with Crippen LogP contribution in [-0.4, -0.2) is 9.55 Å². The van der Waals surface area contributed by atoms with Crippen molar-refractivity contribution in [2.24, 2.45) is 7.05 Å². The molecule has 1 aromatic carbocycles. The third kappa shape index (κ3) is 1.69. The minimum atomic E-state index is 0.603. The van der Waals surface area contributed by atoms with Crippen LogP contribution >= 0.6 is 0 Å². The van der Waals surface area contributed by atoms with E-state index in [-0.39, 0.29) is 0 Å². The Hall–Kier alpha value is -1.77. The highest BCUT2D eigenvalue weighted by Crippen LogP contribution is 2.17. The Balaban J connectivity index is 2.20. The Labute approximate surface area is 76.6 Å². The zero-order chi connectivity index (χ0) is 9.10. The van der Waals surface area contributed by atoms with Crippen LogP contribution in [0.4, 0.5) is 0 Å². The van der Waals surface area contributed by atoms with Crippen LogP contribution in [0.15, 0.2) is 42.7 Å². The largest absolute Gasteiger partial charge is 0.426 e. The number of aromatic nitrogens is 2. The highest BCUT2D eigenvalue weighted by molar-refractivity contribution is 5.24. The van der Waals surface area contributed by atoms with E-state index in [1.165, 1.54) is 0 Å². The third-order valence-electron chi connectivity index (χ3n) is 1.73. The van der Waals surface area contributed by atoms with Gasteiger partial charge in [-0.15, -0.1) is 0 Å². The Morgan fingerprint density at radius 2 is 2.00 bits per heavy atom. The molecule has 0 saturated carbocycles. The quantitative estimate of drug-likeness (QED) is 0.698. The number of imidazole rings is 1. The number of ether oxygens (including phenoxy) is 1. The van der Waals surface area contributed by atoms with Crippen molar-refractivity contribution in [3.63, 3.8) is 0 Å². The molecule has 0 N–H and O–H groups in total. The minimum Gasteiger partial charge on any atom is -0.426 e. The minimum absolute atomic E-state index is 0.603. The lowest BCUT2D eigenvalue weighted by atomic mass is 10.3. The van der Waals surface area contributed by atoms with Crippen molar-refractivity contribution >= 4 is 0 Å². The average molecular weight is 174 g/mol. The van der Waals surface area contributed by atoms with Crippen LogP contribution in [0.2, 0.25) is 0 Å². The lowest BCUT2D eigenvalue weighted by molar-refractivity contribution is 0.425. The molecule has 0 atom stereocenters. The second-order valence-corrected chi connectivity index (χ2v) is 2.74. The van der Waals surface area contributed by atoms with E-state index in [0.717, 1.165) is 5.75 Å². The monoisotopic (exact) mass is 174 g/mol. The Morgan fingerprint density at radius 3 is 2.62 bits per heavy atom. The van der Waals surface area contributed by atoms with Gasteiger partial charge >= 0.3 is 6.01 Å². The maximum atomic E-state index is 5.50. The molecule has 2 rings (SSSR count). The Morgan fingerprint density at radius 1 is 1.23 bits per heavy atom. The number of benzene rings is 1. The number of hydrogen-bond donors (Lipinski definition) is 0. The zero-order valence-corrected chi connectivity index (χ0v) is 7.34. The second kappa shape index (κ2) is 3.31. The zero-order valence-electron chi connectivity index (χ0n) is 7.34. The van der Waals surface area contributed by atoms with Crippen molar-refractivity contribution in [2.75, 3.05) is 0 Å². The maximum Gasteiger partial charge on any atom is 0.301 e. The van der Waals surface area contributed by atoms with Crippen molar-refractivity contribution < 1.29 is 4.74 Å². The molecular formula is C10H10N2O. The molecule has 0 bridgehead atoms. The van der Waals surface area contributed by atoms with E-state index in [4.69, 9.17) is 4.74 Å². The highest BCUT2D eigenvalue weighted by atomic mass is 16.5. The molecule has 1 heterocycles. The van der Waals surface area contributed by atoms with E-state index in [2.05, 4.69) is 4.98 Å². The normalized spacial score (nSPS) is 9.92. The van der Waals surface area contributed by atoms with Gasteiger partial charge < -0.3 is 9.30 Å². The first-order chi connectivity index (χ1) is 6.36. The fourth-order valence-electron chi connectivity index (χ4n) is 1.04. The van der Waals surface area contributed by atoms with E-state index in [1.807, 2.05) is 48.1 Å². The van der Waals surface area contributed by atoms with Crippen LogP contribution in [0, 0.1) is 0 Å².